The number of ether oxygens (including phenoxy) is 1. The van der Waals surface area contributed by atoms with Crippen molar-refractivity contribution in [2.24, 2.45) is 16.8 Å². The molecule has 7 nitrogen and oxygen atoms in total. The number of nitrogens with one attached hydrogen (secondary N) is 2. The molecule has 8 heteroatoms. The fourth-order valence-electron chi connectivity index (χ4n) is 3.81. The lowest BCUT2D eigenvalue weighted by Gasteiger charge is -2.31. The van der Waals surface area contributed by atoms with E-state index in [1.807, 2.05) is 32.9 Å². The van der Waals surface area contributed by atoms with Gasteiger partial charge in [0.1, 0.15) is 5.60 Å². The van der Waals surface area contributed by atoms with E-state index in [1.165, 1.54) is 0 Å². The van der Waals surface area contributed by atoms with E-state index in [0.29, 0.717) is 36.5 Å². The Morgan fingerprint density at radius 2 is 1.83 bits per heavy atom. The molecule has 1 aliphatic heterocycles. The summed E-state index contributed by atoms with van der Waals surface area (Å²) in [7, 11) is 0. The number of anilines is 1. The van der Waals surface area contributed by atoms with Gasteiger partial charge in [0.05, 0.1) is 6.54 Å². The Balaban J connectivity index is 1.46. The highest BCUT2D eigenvalue weighted by Crippen LogP contribution is 2.30. The second kappa shape index (κ2) is 9.69. The van der Waals surface area contributed by atoms with Crippen LogP contribution >= 0.6 is 11.6 Å². The predicted octanol–water partition coefficient (Wildman–Crippen LogP) is 4.28. The normalized spacial score (nSPS) is 21.7. The summed E-state index contributed by atoms with van der Waals surface area (Å²) in [5.74, 6) is 1.11. The number of amides is 2. The molecule has 1 aliphatic carbocycles. The maximum absolute atomic E-state index is 13.1. The molecule has 1 heterocycles. The van der Waals surface area contributed by atoms with Crippen molar-refractivity contribution in [3.05, 3.63) is 29.3 Å². The van der Waals surface area contributed by atoms with Crippen LogP contribution < -0.4 is 10.6 Å². The molecule has 2 N–H and O–H groups in total. The minimum atomic E-state index is -0.497. The number of halogens is 1. The standard InChI is InChI=1S/C22H31ClN4O3/c1-22(2,3)30-21(29)25-14-15-4-6-16(7-5-15)19(28)27-13-12-24-20(27)26-18-10-8-17(23)9-11-18/h8-11,15-16H,4-7,12-14H2,1-3H3,(H,24,26)(H,25,29). The molecule has 1 fully saturated rings. The summed E-state index contributed by atoms with van der Waals surface area (Å²) in [6.45, 7) is 7.35. The second-order valence-corrected chi connectivity index (χ2v) is 9.36. The van der Waals surface area contributed by atoms with Crippen molar-refractivity contribution in [3.8, 4) is 0 Å². The molecule has 0 unspecified atom stereocenters. The Morgan fingerprint density at radius 3 is 2.47 bits per heavy atom. The first kappa shape index (κ1) is 22.4. The van der Waals surface area contributed by atoms with E-state index >= 15 is 0 Å². The van der Waals surface area contributed by atoms with Gasteiger partial charge >= 0.3 is 6.09 Å². The number of benzene rings is 1. The van der Waals surface area contributed by atoms with Crippen molar-refractivity contribution in [1.82, 2.24) is 10.2 Å². The number of rotatable bonds is 4. The van der Waals surface area contributed by atoms with Gasteiger partial charge in [-0.15, -0.1) is 0 Å². The third kappa shape index (κ3) is 6.36. The molecule has 2 aliphatic rings. The summed E-state index contributed by atoms with van der Waals surface area (Å²) in [6.07, 6.45) is 3.09. The molecule has 164 valence electrons. The molecule has 0 radical (unpaired) electrons. The molecular formula is C22H31ClN4O3. The van der Waals surface area contributed by atoms with Gasteiger partial charge in [0, 0.05) is 29.7 Å². The van der Waals surface area contributed by atoms with Crippen LogP contribution in [0.2, 0.25) is 5.02 Å². The molecular weight excluding hydrogens is 404 g/mol. The summed E-state index contributed by atoms with van der Waals surface area (Å²) in [5.41, 5.74) is 0.359. The molecule has 0 spiro atoms. The van der Waals surface area contributed by atoms with E-state index in [0.717, 1.165) is 31.4 Å². The lowest BCUT2D eigenvalue weighted by Crippen LogP contribution is -2.43. The van der Waals surface area contributed by atoms with Gasteiger partial charge in [0.2, 0.25) is 11.9 Å². The van der Waals surface area contributed by atoms with Crippen LogP contribution in [0.25, 0.3) is 0 Å². The van der Waals surface area contributed by atoms with Gasteiger partial charge in [0.25, 0.3) is 0 Å². The molecule has 2 amide bonds. The smallest absolute Gasteiger partial charge is 0.407 e. The maximum Gasteiger partial charge on any atom is 0.407 e. The fourth-order valence-corrected chi connectivity index (χ4v) is 3.93. The Hall–Kier alpha value is -2.28. The molecule has 0 saturated heterocycles. The molecule has 1 saturated carbocycles. The number of guanidine groups is 1. The van der Waals surface area contributed by atoms with Crippen LogP contribution in [0.1, 0.15) is 46.5 Å². The largest absolute Gasteiger partial charge is 0.444 e. The number of carbonyl (C=O) groups excluding carboxylic acids is 2. The second-order valence-electron chi connectivity index (χ2n) is 8.93. The maximum atomic E-state index is 13.1. The van der Waals surface area contributed by atoms with Gasteiger partial charge in [-0.05, 0) is 76.6 Å². The van der Waals surface area contributed by atoms with Gasteiger partial charge in [-0.1, -0.05) is 11.6 Å². The van der Waals surface area contributed by atoms with Gasteiger partial charge < -0.3 is 15.4 Å². The fraction of sp³-hybridized carbons (Fsp3) is 0.591. The zero-order valence-electron chi connectivity index (χ0n) is 17.9. The molecule has 1 aromatic carbocycles. The summed E-state index contributed by atoms with van der Waals surface area (Å²) in [5, 5.41) is 6.75. The number of hydrogen-bond donors (Lipinski definition) is 2. The van der Waals surface area contributed by atoms with E-state index in [4.69, 9.17) is 16.3 Å². The van der Waals surface area contributed by atoms with Gasteiger partial charge in [-0.25, -0.2) is 4.79 Å². The number of nitrogens with zero attached hydrogens (tertiary/aromatic N) is 2. The highest BCUT2D eigenvalue weighted by molar-refractivity contribution is 6.30. The van der Waals surface area contributed by atoms with Crippen LogP contribution in [0, 0.1) is 11.8 Å². The first-order chi connectivity index (χ1) is 14.2. The van der Waals surface area contributed by atoms with Crippen LogP contribution in [-0.2, 0) is 9.53 Å². The predicted molar refractivity (Wildman–Crippen MR) is 119 cm³/mol. The summed E-state index contributed by atoms with van der Waals surface area (Å²) < 4.78 is 5.28. The third-order valence-corrected chi connectivity index (χ3v) is 5.59. The zero-order valence-corrected chi connectivity index (χ0v) is 18.7. The van der Waals surface area contributed by atoms with Crippen molar-refractivity contribution in [1.29, 1.82) is 0 Å². The van der Waals surface area contributed by atoms with Gasteiger partial charge in [-0.3, -0.25) is 14.7 Å². The number of hydrogen-bond acceptors (Lipinski definition) is 5. The van der Waals surface area contributed by atoms with E-state index in [-0.39, 0.29) is 17.9 Å². The Kier molecular flexibility index (Phi) is 7.23. The van der Waals surface area contributed by atoms with Crippen LogP contribution in [0.5, 0.6) is 0 Å². The van der Waals surface area contributed by atoms with E-state index in [1.54, 1.807) is 17.0 Å². The Bertz CT molecular complexity index is 781. The van der Waals surface area contributed by atoms with Crippen LogP contribution in [-0.4, -0.2) is 48.1 Å². The monoisotopic (exact) mass is 434 g/mol. The number of carbonyl (C=O) groups is 2. The Morgan fingerprint density at radius 1 is 1.17 bits per heavy atom. The van der Waals surface area contributed by atoms with Crippen molar-refractivity contribution < 1.29 is 14.3 Å². The minimum Gasteiger partial charge on any atom is -0.444 e. The van der Waals surface area contributed by atoms with Gasteiger partial charge in [-0.2, -0.15) is 0 Å². The van der Waals surface area contributed by atoms with Crippen molar-refractivity contribution in [2.75, 3.05) is 25.0 Å². The SMILES string of the molecule is CC(C)(C)OC(=O)NCC1CCC(C(=O)N2CCN=C2Nc2ccc(Cl)cc2)CC1. The molecule has 1 aromatic rings. The van der Waals surface area contributed by atoms with E-state index < -0.39 is 5.60 Å². The van der Waals surface area contributed by atoms with Gasteiger partial charge in [0.15, 0.2) is 0 Å². The quantitative estimate of drug-likeness (QED) is 0.740. The summed E-state index contributed by atoms with van der Waals surface area (Å²) in [4.78, 5) is 31.1. The average molecular weight is 435 g/mol. The first-order valence-electron chi connectivity index (χ1n) is 10.6. The average Bonchev–Trinajstić information content (AvgIpc) is 3.15. The molecule has 3 rings (SSSR count). The van der Waals surface area contributed by atoms with Crippen molar-refractivity contribution >= 4 is 35.2 Å². The molecule has 0 bridgehead atoms. The summed E-state index contributed by atoms with van der Waals surface area (Å²) >= 11 is 5.94. The molecule has 0 atom stereocenters. The topological polar surface area (TPSA) is 83.0 Å². The van der Waals surface area contributed by atoms with E-state index in [2.05, 4.69) is 15.6 Å². The molecule has 0 aromatic heterocycles. The summed E-state index contributed by atoms with van der Waals surface area (Å²) in [6, 6.07) is 7.35. The van der Waals surface area contributed by atoms with Crippen molar-refractivity contribution in [2.45, 2.75) is 52.1 Å². The highest BCUT2D eigenvalue weighted by atomic mass is 35.5. The zero-order chi connectivity index (χ0) is 21.7. The first-order valence-corrected chi connectivity index (χ1v) is 10.9. The lowest BCUT2D eigenvalue weighted by atomic mass is 9.81. The lowest BCUT2D eigenvalue weighted by molar-refractivity contribution is -0.132. The van der Waals surface area contributed by atoms with E-state index in [9.17, 15) is 9.59 Å². The highest BCUT2D eigenvalue weighted by Gasteiger charge is 2.33. The Labute approximate surface area is 183 Å². The number of aliphatic imine (C=N–C) groups is 1. The van der Waals surface area contributed by atoms with Crippen molar-refractivity contribution in [3.63, 3.8) is 0 Å². The van der Waals surface area contributed by atoms with Crippen LogP contribution in [0.15, 0.2) is 29.3 Å². The van der Waals surface area contributed by atoms with Crippen LogP contribution in [0.4, 0.5) is 10.5 Å². The molecule has 30 heavy (non-hydrogen) atoms. The number of alkyl carbamates (subject to hydrolysis) is 1. The van der Waals surface area contributed by atoms with Crippen LogP contribution in [0.3, 0.4) is 0 Å². The minimum absolute atomic E-state index is 0.00176. The third-order valence-electron chi connectivity index (χ3n) is 5.34.